The lowest BCUT2D eigenvalue weighted by atomic mass is 9.93. The molecule has 24 heavy (non-hydrogen) atoms. The van der Waals surface area contributed by atoms with Gasteiger partial charge in [0.25, 0.3) is 0 Å². The second kappa shape index (κ2) is 9.17. The average Bonchev–Trinajstić information content (AvgIpc) is 2.63. The Hall–Kier alpha value is -2.21. The van der Waals surface area contributed by atoms with Crippen LogP contribution in [0.4, 0.5) is 0 Å². The summed E-state index contributed by atoms with van der Waals surface area (Å²) in [5.41, 5.74) is 7.77. The Morgan fingerprint density at radius 2 is 1.67 bits per heavy atom. The highest BCUT2D eigenvalue weighted by atomic mass is 16.4. The minimum atomic E-state index is -1.41. The van der Waals surface area contributed by atoms with Gasteiger partial charge in [-0.2, -0.15) is 0 Å². The molecule has 0 bridgehead atoms. The van der Waals surface area contributed by atoms with Gasteiger partial charge in [0.05, 0.1) is 0 Å². The van der Waals surface area contributed by atoms with Crippen LogP contribution in [0.25, 0.3) is 0 Å². The fourth-order valence-corrected chi connectivity index (χ4v) is 2.72. The largest absolute Gasteiger partial charge is 0.479 e. The number of carboxylic acid groups (broad SMARTS) is 1. The highest BCUT2D eigenvalue weighted by Gasteiger charge is 2.22. The van der Waals surface area contributed by atoms with Gasteiger partial charge in [-0.1, -0.05) is 60.7 Å². The Kier molecular flexibility index (Phi) is 6.93. The zero-order valence-corrected chi connectivity index (χ0v) is 13.5. The molecule has 2 aromatic carbocycles. The molecule has 3 atom stereocenters. The van der Waals surface area contributed by atoms with Crippen LogP contribution in [0.5, 0.6) is 0 Å². The normalized spacial score (nSPS) is 21.2. The molecule has 1 aliphatic heterocycles. The summed E-state index contributed by atoms with van der Waals surface area (Å²) >= 11 is 0. The fraction of sp³-hybridized carbons (Fsp3) is 0.316. The van der Waals surface area contributed by atoms with E-state index in [1.54, 1.807) is 30.3 Å². The number of nitrogens with two attached hydrogens (primary N) is 1. The number of hydrogen-bond acceptors (Lipinski definition) is 4. The summed E-state index contributed by atoms with van der Waals surface area (Å²) in [6.07, 6.45) is 0.924. The molecule has 0 aliphatic carbocycles. The van der Waals surface area contributed by atoms with E-state index in [2.05, 4.69) is 29.6 Å². The van der Waals surface area contributed by atoms with Gasteiger partial charge in [0.15, 0.2) is 6.10 Å². The van der Waals surface area contributed by atoms with Gasteiger partial charge in [0, 0.05) is 12.1 Å². The van der Waals surface area contributed by atoms with Crippen molar-refractivity contribution >= 4 is 5.97 Å². The summed E-state index contributed by atoms with van der Waals surface area (Å²) < 4.78 is 0. The summed E-state index contributed by atoms with van der Waals surface area (Å²) in [6.45, 7) is 1.09. The third kappa shape index (κ3) is 5.16. The quantitative estimate of drug-likeness (QED) is 0.693. The first-order chi connectivity index (χ1) is 11.6. The highest BCUT2D eigenvalue weighted by molar-refractivity contribution is 5.73. The zero-order valence-electron chi connectivity index (χ0n) is 13.5. The predicted molar refractivity (Wildman–Crippen MR) is 93.4 cm³/mol. The van der Waals surface area contributed by atoms with Crippen LogP contribution in [0.1, 0.15) is 36.1 Å². The van der Waals surface area contributed by atoms with E-state index in [4.69, 9.17) is 15.9 Å². The molecule has 2 aromatic rings. The highest BCUT2D eigenvalue weighted by Crippen LogP contribution is 2.21. The molecule has 128 valence electrons. The van der Waals surface area contributed by atoms with Gasteiger partial charge in [-0.3, -0.25) is 0 Å². The minimum Gasteiger partial charge on any atom is -0.479 e. The van der Waals surface area contributed by atoms with Crippen molar-refractivity contribution in [3.63, 3.8) is 0 Å². The lowest BCUT2D eigenvalue weighted by Crippen LogP contribution is -2.42. The SMILES string of the molecule is N[C@H]1CCCN[C@H]1c1ccccc1.O=C(O)C(O)c1ccccc1. The number of benzene rings is 2. The van der Waals surface area contributed by atoms with Gasteiger partial charge < -0.3 is 21.3 Å². The number of aliphatic carboxylic acids is 1. The van der Waals surface area contributed by atoms with E-state index in [0.29, 0.717) is 11.6 Å². The maximum atomic E-state index is 10.2. The van der Waals surface area contributed by atoms with E-state index >= 15 is 0 Å². The number of aliphatic hydroxyl groups excluding tert-OH is 1. The Morgan fingerprint density at radius 3 is 2.21 bits per heavy atom. The minimum absolute atomic E-state index is 0.274. The van der Waals surface area contributed by atoms with Crippen LogP contribution >= 0.6 is 0 Å². The van der Waals surface area contributed by atoms with Crippen LogP contribution in [-0.4, -0.2) is 28.8 Å². The first-order valence-corrected chi connectivity index (χ1v) is 8.09. The molecular weight excluding hydrogens is 304 g/mol. The maximum absolute atomic E-state index is 10.2. The van der Waals surface area contributed by atoms with Crippen molar-refractivity contribution in [1.82, 2.24) is 5.32 Å². The monoisotopic (exact) mass is 328 g/mol. The molecule has 3 rings (SSSR count). The topological polar surface area (TPSA) is 95.6 Å². The van der Waals surface area contributed by atoms with E-state index in [1.807, 2.05) is 6.07 Å². The maximum Gasteiger partial charge on any atom is 0.337 e. The molecule has 0 saturated carbocycles. The van der Waals surface area contributed by atoms with Crippen LogP contribution in [0.15, 0.2) is 60.7 Å². The van der Waals surface area contributed by atoms with Crippen LogP contribution in [-0.2, 0) is 4.79 Å². The molecule has 1 aliphatic rings. The van der Waals surface area contributed by atoms with Gasteiger partial charge in [0.2, 0.25) is 0 Å². The molecule has 1 saturated heterocycles. The van der Waals surface area contributed by atoms with Crippen molar-refractivity contribution in [2.24, 2.45) is 5.73 Å². The van der Waals surface area contributed by atoms with Gasteiger partial charge in [-0.05, 0) is 30.5 Å². The van der Waals surface area contributed by atoms with Gasteiger partial charge in [-0.15, -0.1) is 0 Å². The number of carboxylic acids is 1. The number of nitrogens with one attached hydrogen (secondary N) is 1. The molecular formula is C19H24N2O3. The van der Waals surface area contributed by atoms with Crippen molar-refractivity contribution in [2.45, 2.75) is 31.0 Å². The van der Waals surface area contributed by atoms with Gasteiger partial charge in [-0.25, -0.2) is 4.79 Å². The molecule has 1 fully saturated rings. The third-order valence-corrected chi connectivity index (χ3v) is 4.01. The van der Waals surface area contributed by atoms with E-state index in [9.17, 15) is 4.79 Å². The number of rotatable bonds is 3. The summed E-state index contributed by atoms with van der Waals surface area (Å²) in [4.78, 5) is 10.2. The molecule has 0 amide bonds. The van der Waals surface area contributed by atoms with Gasteiger partial charge >= 0.3 is 5.97 Å². The number of aliphatic hydroxyl groups is 1. The predicted octanol–water partition coefficient (Wildman–Crippen LogP) is 2.24. The van der Waals surface area contributed by atoms with Crippen molar-refractivity contribution in [1.29, 1.82) is 0 Å². The first-order valence-electron chi connectivity index (χ1n) is 8.09. The average molecular weight is 328 g/mol. The second-order valence-electron chi connectivity index (χ2n) is 5.80. The van der Waals surface area contributed by atoms with E-state index < -0.39 is 12.1 Å². The van der Waals surface area contributed by atoms with Crippen molar-refractivity contribution in [3.8, 4) is 0 Å². The number of hydrogen-bond donors (Lipinski definition) is 4. The van der Waals surface area contributed by atoms with Crippen LogP contribution in [0.3, 0.4) is 0 Å². The van der Waals surface area contributed by atoms with Crippen molar-refractivity contribution in [3.05, 3.63) is 71.8 Å². The Bertz CT molecular complexity index is 619. The summed E-state index contributed by atoms with van der Waals surface area (Å²) in [6, 6.07) is 19.4. The Morgan fingerprint density at radius 1 is 1.08 bits per heavy atom. The van der Waals surface area contributed by atoms with Gasteiger partial charge in [0.1, 0.15) is 0 Å². The van der Waals surface area contributed by atoms with E-state index in [1.165, 1.54) is 12.0 Å². The lowest BCUT2D eigenvalue weighted by Gasteiger charge is -2.30. The van der Waals surface area contributed by atoms with Crippen LogP contribution in [0.2, 0.25) is 0 Å². The molecule has 1 unspecified atom stereocenters. The smallest absolute Gasteiger partial charge is 0.337 e. The lowest BCUT2D eigenvalue weighted by molar-refractivity contribution is -0.146. The summed E-state index contributed by atoms with van der Waals surface area (Å²) in [5, 5.41) is 20.8. The first kappa shape index (κ1) is 18.1. The van der Waals surface area contributed by atoms with Crippen molar-refractivity contribution < 1.29 is 15.0 Å². The standard InChI is InChI=1S/C11H16N2.C8H8O3/c12-10-7-4-8-13-11(10)9-5-2-1-3-6-9;9-7(8(10)11)6-4-2-1-3-5-6/h1-3,5-6,10-11,13H,4,7-8,12H2;1-5,7,9H,(H,10,11)/t10-,11-;/m0./s1. The van der Waals surface area contributed by atoms with E-state index in [0.717, 1.165) is 13.0 Å². The molecule has 5 nitrogen and oxygen atoms in total. The Labute approximate surface area is 142 Å². The number of carbonyl (C=O) groups is 1. The van der Waals surface area contributed by atoms with Crippen LogP contribution in [0, 0.1) is 0 Å². The summed E-state index contributed by atoms with van der Waals surface area (Å²) in [7, 11) is 0. The molecule has 5 heteroatoms. The molecule has 0 spiro atoms. The second-order valence-corrected chi connectivity index (χ2v) is 5.80. The fourth-order valence-electron chi connectivity index (χ4n) is 2.72. The summed E-state index contributed by atoms with van der Waals surface area (Å²) in [5.74, 6) is -1.23. The van der Waals surface area contributed by atoms with Crippen molar-refractivity contribution in [2.75, 3.05) is 6.54 Å². The third-order valence-electron chi connectivity index (χ3n) is 4.01. The van der Waals surface area contributed by atoms with Crippen LogP contribution < -0.4 is 11.1 Å². The Balaban J connectivity index is 0.000000177. The molecule has 0 aromatic heterocycles. The number of piperidine rings is 1. The molecule has 1 heterocycles. The zero-order chi connectivity index (χ0) is 17.4. The molecule has 5 N–H and O–H groups in total. The molecule has 0 radical (unpaired) electrons. The van der Waals surface area contributed by atoms with E-state index in [-0.39, 0.29) is 6.04 Å².